The van der Waals surface area contributed by atoms with Crippen molar-refractivity contribution in [1.29, 1.82) is 0 Å². The second-order valence-corrected chi connectivity index (χ2v) is 4.35. The van der Waals surface area contributed by atoms with Crippen molar-refractivity contribution in [1.82, 2.24) is 9.59 Å². The molecule has 0 atom stereocenters. The summed E-state index contributed by atoms with van der Waals surface area (Å²) < 4.78 is 3.80. The molecule has 0 spiro atoms. The molecule has 1 aromatic rings. The highest BCUT2D eigenvalue weighted by Gasteiger charge is 2.19. The minimum absolute atomic E-state index is 0.130. The Morgan fingerprint density at radius 2 is 2.00 bits per heavy atom. The minimum atomic E-state index is 0.130. The maximum absolute atomic E-state index is 4.18. The molecular formula is C6H10N2S2. The van der Waals surface area contributed by atoms with Crippen LogP contribution in [0, 0.1) is 0 Å². The Morgan fingerprint density at radius 1 is 1.40 bits per heavy atom. The molecule has 0 aliphatic rings. The van der Waals surface area contributed by atoms with Crippen LogP contribution in [-0.4, -0.2) is 9.59 Å². The zero-order chi connectivity index (χ0) is 7.78. The molecule has 0 saturated heterocycles. The van der Waals surface area contributed by atoms with E-state index in [0.717, 1.165) is 9.90 Å². The highest BCUT2D eigenvalue weighted by Crippen LogP contribution is 2.29. The maximum atomic E-state index is 4.18. The normalized spacial score (nSPS) is 12.0. The van der Waals surface area contributed by atoms with Crippen molar-refractivity contribution in [3.63, 3.8) is 0 Å². The van der Waals surface area contributed by atoms with Gasteiger partial charge in [0.15, 0.2) is 0 Å². The molecule has 0 aliphatic carbocycles. The van der Waals surface area contributed by atoms with E-state index in [1.165, 1.54) is 11.5 Å². The molecule has 0 amide bonds. The lowest BCUT2D eigenvalue weighted by molar-refractivity contribution is 0.589. The van der Waals surface area contributed by atoms with Crippen LogP contribution in [0.4, 0.5) is 0 Å². The Balaban J connectivity index is 3.05. The molecule has 4 heteroatoms. The van der Waals surface area contributed by atoms with Crippen molar-refractivity contribution in [2.45, 2.75) is 31.2 Å². The molecule has 1 heterocycles. The summed E-state index contributed by atoms with van der Waals surface area (Å²) in [6, 6.07) is 0. The van der Waals surface area contributed by atoms with Crippen molar-refractivity contribution in [3.8, 4) is 0 Å². The van der Waals surface area contributed by atoms with E-state index in [-0.39, 0.29) is 5.41 Å². The number of hydrogen-bond donors (Lipinski definition) is 1. The van der Waals surface area contributed by atoms with Gasteiger partial charge in [-0.15, -0.1) is 17.7 Å². The number of hydrogen-bond acceptors (Lipinski definition) is 4. The van der Waals surface area contributed by atoms with Gasteiger partial charge in [0, 0.05) is 5.41 Å². The molecule has 0 aliphatic heterocycles. The second-order valence-electron chi connectivity index (χ2n) is 3.18. The Morgan fingerprint density at radius 3 is 2.20 bits per heavy atom. The molecule has 1 aromatic heterocycles. The molecule has 0 radical (unpaired) electrons. The first-order chi connectivity index (χ1) is 4.52. The highest BCUT2D eigenvalue weighted by atomic mass is 32.1. The molecule has 0 saturated carbocycles. The van der Waals surface area contributed by atoms with E-state index in [1.54, 1.807) is 0 Å². The van der Waals surface area contributed by atoms with Crippen LogP contribution in [0.15, 0.2) is 5.03 Å². The number of thiol groups is 1. The fourth-order valence-electron chi connectivity index (χ4n) is 0.658. The Labute approximate surface area is 70.2 Å². The third-order valence-corrected chi connectivity index (χ3v) is 2.77. The van der Waals surface area contributed by atoms with Crippen LogP contribution in [0.5, 0.6) is 0 Å². The van der Waals surface area contributed by atoms with Crippen molar-refractivity contribution >= 4 is 24.2 Å². The highest BCUT2D eigenvalue weighted by molar-refractivity contribution is 7.80. The summed E-state index contributed by atoms with van der Waals surface area (Å²) in [6.07, 6.45) is 0. The first-order valence-corrected chi connectivity index (χ1v) is 4.25. The van der Waals surface area contributed by atoms with Crippen LogP contribution >= 0.6 is 24.2 Å². The topological polar surface area (TPSA) is 25.8 Å². The third kappa shape index (κ3) is 1.49. The molecule has 0 N–H and O–H groups in total. The lowest BCUT2D eigenvalue weighted by Crippen LogP contribution is -2.09. The zero-order valence-electron chi connectivity index (χ0n) is 6.25. The fraction of sp³-hybridized carbons (Fsp3) is 0.667. The van der Waals surface area contributed by atoms with Gasteiger partial charge in [0.25, 0.3) is 0 Å². The maximum Gasteiger partial charge on any atom is 0.132 e. The van der Waals surface area contributed by atoms with Gasteiger partial charge in [0.05, 0.1) is 4.88 Å². The van der Waals surface area contributed by atoms with Gasteiger partial charge in [-0.25, -0.2) is 0 Å². The number of aromatic nitrogens is 2. The smallest absolute Gasteiger partial charge is 0.132 e. The van der Waals surface area contributed by atoms with E-state index in [9.17, 15) is 0 Å². The van der Waals surface area contributed by atoms with E-state index in [4.69, 9.17) is 0 Å². The largest absolute Gasteiger partial charge is 0.132 e. The fourth-order valence-corrected chi connectivity index (χ4v) is 1.82. The van der Waals surface area contributed by atoms with E-state index >= 15 is 0 Å². The molecule has 56 valence electrons. The number of rotatable bonds is 0. The summed E-state index contributed by atoms with van der Waals surface area (Å²) in [6.45, 7) is 6.38. The van der Waals surface area contributed by atoms with Gasteiger partial charge >= 0.3 is 0 Å². The summed E-state index contributed by atoms with van der Waals surface area (Å²) in [5, 5.41) is 4.58. The molecule has 0 fully saturated rings. The Bertz CT molecular complexity index is 224. The van der Waals surface area contributed by atoms with E-state index in [0.29, 0.717) is 0 Å². The van der Waals surface area contributed by atoms with Crippen LogP contribution in [0.2, 0.25) is 0 Å². The van der Waals surface area contributed by atoms with Gasteiger partial charge in [-0.1, -0.05) is 25.3 Å². The SMILES string of the molecule is CC(C)(C)c1snnc1S. The molecule has 0 unspecified atom stereocenters. The van der Waals surface area contributed by atoms with Crippen LogP contribution in [-0.2, 0) is 5.41 Å². The summed E-state index contributed by atoms with van der Waals surface area (Å²) in [7, 11) is 0. The summed E-state index contributed by atoms with van der Waals surface area (Å²) in [5.41, 5.74) is 0.130. The van der Waals surface area contributed by atoms with Gasteiger partial charge in [0.1, 0.15) is 5.03 Å². The van der Waals surface area contributed by atoms with Crippen LogP contribution < -0.4 is 0 Å². The molecular weight excluding hydrogens is 164 g/mol. The molecule has 2 nitrogen and oxygen atoms in total. The van der Waals surface area contributed by atoms with Crippen molar-refractivity contribution in [2.24, 2.45) is 0 Å². The van der Waals surface area contributed by atoms with Gasteiger partial charge in [-0.3, -0.25) is 0 Å². The monoisotopic (exact) mass is 174 g/mol. The van der Waals surface area contributed by atoms with Gasteiger partial charge in [-0.05, 0) is 11.5 Å². The van der Waals surface area contributed by atoms with Crippen LogP contribution in [0.25, 0.3) is 0 Å². The quantitative estimate of drug-likeness (QED) is 0.610. The Hall–Kier alpha value is -0.0900. The summed E-state index contributed by atoms with van der Waals surface area (Å²) >= 11 is 5.60. The second kappa shape index (κ2) is 2.51. The van der Waals surface area contributed by atoms with Gasteiger partial charge in [-0.2, -0.15) is 0 Å². The average Bonchev–Trinajstić information content (AvgIpc) is 2.11. The predicted octanol–water partition coefficient (Wildman–Crippen LogP) is 2.12. The molecule has 10 heavy (non-hydrogen) atoms. The Kier molecular flexibility index (Phi) is 2.01. The van der Waals surface area contributed by atoms with Crippen LogP contribution in [0.1, 0.15) is 25.6 Å². The lowest BCUT2D eigenvalue weighted by Gasteiger charge is -2.14. The summed E-state index contributed by atoms with van der Waals surface area (Å²) in [4.78, 5) is 1.15. The summed E-state index contributed by atoms with van der Waals surface area (Å²) in [5.74, 6) is 0. The predicted molar refractivity (Wildman–Crippen MR) is 45.9 cm³/mol. The zero-order valence-corrected chi connectivity index (χ0v) is 7.96. The minimum Gasteiger partial charge on any atom is -0.132 e. The standard InChI is InChI=1S/C6H10N2S2/c1-6(2,3)4-5(9)7-8-10-4/h9H,1-3H3. The third-order valence-electron chi connectivity index (χ3n) is 1.15. The lowest BCUT2D eigenvalue weighted by atomic mass is 9.95. The van der Waals surface area contributed by atoms with Gasteiger partial charge in [0.2, 0.25) is 0 Å². The average molecular weight is 174 g/mol. The molecule has 1 rings (SSSR count). The van der Waals surface area contributed by atoms with Crippen LogP contribution in [0.3, 0.4) is 0 Å². The number of nitrogens with zero attached hydrogens (tertiary/aromatic N) is 2. The van der Waals surface area contributed by atoms with Crippen molar-refractivity contribution in [3.05, 3.63) is 4.88 Å². The first-order valence-electron chi connectivity index (χ1n) is 3.03. The van der Waals surface area contributed by atoms with Crippen molar-refractivity contribution in [2.75, 3.05) is 0 Å². The van der Waals surface area contributed by atoms with Crippen molar-refractivity contribution < 1.29 is 0 Å². The van der Waals surface area contributed by atoms with E-state index < -0.39 is 0 Å². The van der Waals surface area contributed by atoms with E-state index in [2.05, 4.69) is 43.0 Å². The molecule has 0 bridgehead atoms. The first kappa shape index (κ1) is 8.01. The van der Waals surface area contributed by atoms with E-state index in [1.807, 2.05) is 0 Å². The van der Waals surface area contributed by atoms with Gasteiger partial charge < -0.3 is 0 Å². The molecule has 0 aromatic carbocycles.